The lowest BCUT2D eigenvalue weighted by Crippen LogP contribution is -2.23. The fraction of sp³-hybridized carbons (Fsp3) is 0.579. The number of ether oxygens (including phenoxy) is 1. The molecule has 1 aliphatic carbocycles. The Morgan fingerprint density at radius 2 is 2.03 bits per heavy atom. The first-order valence-corrected chi connectivity index (χ1v) is 9.26. The van der Waals surface area contributed by atoms with Crippen LogP contribution in [-0.4, -0.2) is 33.7 Å². The third-order valence-corrected chi connectivity index (χ3v) is 4.79. The van der Waals surface area contributed by atoms with Crippen molar-refractivity contribution in [3.63, 3.8) is 0 Å². The molecule has 158 valence electrons. The summed E-state index contributed by atoms with van der Waals surface area (Å²) in [7, 11) is 0. The number of carbonyl (C=O) groups excluding carboxylic acids is 1. The summed E-state index contributed by atoms with van der Waals surface area (Å²) in [5, 5.41) is 3.82. The number of hydrogen-bond donors (Lipinski definition) is 1. The number of halogens is 3. The number of anilines is 1. The van der Waals surface area contributed by atoms with Gasteiger partial charge < -0.3 is 15.0 Å². The van der Waals surface area contributed by atoms with Crippen molar-refractivity contribution in [2.24, 2.45) is 5.41 Å². The lowest BCUT2D eigenvalue weighted by molar-refractivity contribution is -0.153. The van der Waals surface area contributed by atoms with Gasteiger partial charge in [-0.15, -0.1) is 0 Å². The first kappa shape index (κ1) is 21.1. The standard InChI is InChI=1S/C19H23F3N4O3/c1-18(2,3)12(16-25-17(23)29-26-16)6-14(27)13-7-15(28-9-19(20,21)22)11(8-24-13)10-4-5-10/h7-8,10,12H,4-6,9H2,1-3H3,(H2,23,25,26). The van der Waals surface area contributed by atoms with Gasteiger partial charge in [0.05, 0.1) is 0 Å². The molecule has 1 unspecified atom stereocenters. The predicted molar refractivity (Wildman–Crippen MR) is 97.6 cm³/mol. The molecule has 1 saturated carbocycles. The van der Waals surface area contributed by atoms with E-state index >= 15 is 0 Å². The molecule has 0 bridgehead atoms. The van der Waals surface area contributed by atoms with E-state index in [1.807, 2.05) is 20.8 Å². The van der Waals surface area contributed by atoms with Crippen LogP contribution in [0.2, 0.25) is 0 Å². The average molecular weight is 412 g/mol. The van der Waals surface area contributed by atoms with Crippen LogP contribution in [0.15, 0.2) is 16.8 Å². The van der Waals surface area contributed by atoms with Gasteiger partial charge in [0.1, 0.15) is 11.4 Å². The fourth-order valence-corrected chi connectivity index (χ4v) is 3.05. The molecule has 1 atom stereocenters. The van der Waals surface area contributed by atoms with Crippen molar-refractivity contribution in [2.45, 2.75) is 58.0 Å². The Kier molecular flexibility index (Phi) is 5.55. The zero-order chi connectivity index (χ0) is 21.4. The monoisotopic (exact) mass is 412 g/mol. The molecule has 2 heterocycles. The first-order valence-electron chi connectivity index (χ1n) is 9.26. The van der Waals surface area contributed by atoms with Gasteiger partial charge in [-0.25, -0.2) is 0 Å². The normalized spacial score (nSPS) is 15.9. The summed E-state index contributed by atoms with van der Waals surface area (Å²) in [5.41, 5.74) is 5.74. The SMILES string of the molecule is CC(C)(C)C(CC(=O)c1cc(OCC(F)(F)F)c(C2CC2)cn1)c1noc(N)n1. The van der Waals surface area contributed by atoms with Gasteiger partial charge in [-0.05, 0) is 24.2 Å². The van der Waals surface area contributed by atoms with Crippen LogP contribution in [0, 0.1) is 5.41 Å². The van der Waals surface area contributed by atoms with Crippen molar-refractivity contribution in [1.29, 1.82) is 0 Å². The third-order valence-electron chi connectivity index (χ3n) is 4.79. The molecule has 0 amide bonds. The van der Waals surface area contributed by atoms with Gasteiger partial charge in [-0.3, -0.25) is 9.78 Å². The van der Waals surface area contributed by atoms with Crippen molar-refractivity contribution in [3.05, 3.63) is 29.3 Å². The zero-order valence-electron chi connectivity index (χ0n) is 16.4. The van der Waals surface area contributed by atoms with Crippen LogP contribution in [0.5, 0.6) is 5.75 Å². The smallest absolute Gasteiger partial charge is 0.422 e. The lowest BCUT2D eigenvalue weighted by Gasteiger charge is -2.27. The lowest BCUT2D eigenvalue weighted by atomic mass is 9.77. The predicted octanol–water partition coefficient (Wildman–Crippen LogP) is 4.27. The van der Waals surface area contributed by atoms with E-state index in [0.717, 1.165) is 12.8 Å². The topological polar surface area (TPSA) is 104 Å². The van der Waals surface area contributed by atoms with Crippen LogP contribution in [0.4, 0.5) is 19.2 Å². The van der Waals surface area contributed by atoms with E-state index in [-0.39, 0.29) is 35.6 Å². The van der Waals surface area contributed by atoms with Crippen LogP contribution in [0.1, 0.15) is 73.7 Å². The molecule has 29 heavy (non-hydrogen) atoms. The van der Waals surface area contributed by atoms with E-state index in [1.54, 1.807) is 0 Å². The minimum absolute atomic E-state index is 0.00302. The Morgan fingerprint density at radius 1 is 1.34 bits per heavy atom. The summed E-state index contributed by atoms with van der Waals surface area (Å²) in [6.45, 7) is 4.33. The second kappa shape index (κ2) is 7.64. The van der Waals surface area contributed by atoms with Crippen molar-refractivity contribution >= 4 is 11.8 Å². The molecule has 3 rings (SSSR count). The summed E-state index contributed by atoms with van der Waals surface area (Å²) in [6, 6.07) is 1.20. The number of Topliss-reactive ketones (excluding diaryl/α,β-unsaturated/α-hetero) is 1. The minimum atomic E-state index is -4.47. The molecule has 2 N–H and O–H groups in total. The Labute approximate surface area is 165 Å². The van der Waals surface area contributed by atoms with Gasteiger partial charge in [-0.2, -0.15) is 18.2 Å². The van der Waals surface area contributed by atoms with Crippen molar-refractivity contribution < 1.29 is 27.2 Å². The number of alkyl halides is 3. The van der Waals surface area contributed by atoms with Gasteiger partial charge in [0, 0.05) is 30.2 Å². The Bertz CT molecular complexity index is 886. The Morgan fingerprint density at radius 3 is 2.55 bits per heavy atom. The van der Waals surface area contributed by atoms with Crippen LogP contribution in [0.25, 0.3) is 0 Å². The summed E-state index contributed by atoms with van der Waals surface area (Å²) < 4.78 is 47.6. The van der Waals surface area contributed by atoms with Crippen LogP contribution < -0.4 is 10.5 Å². The summed E-state index contributed by atoms with van der Waals surface area (Å²) in [6.07, 6.45) is -1.30. The summed E-state index contributed by atoms with van der Waals surface area (Å²) in [5.74, 6) is -0.293. The maximum Gasteiger partial charge on any atom is 0.422 e. The fourth-order valence-electron chi connectivity index (χ4n) is 3.05. The van der Waals surface area contributed by atoms with Crippen LogP contribution in [-0.2, 0) is 0 Å². The highest BCUT2D eigenvalue weighted by Gasteiger charge is 2.35. The largest absolute Gasteiger partial charge is 0.484 e. The molecule has 0 saturated heterocycles. The van der Waals surface area contributed by atoms with Gasteiger partial charge >= 0.3 is 12.2 Å². The number of nitrogen functional groups attached to an aromatic ring is 1. The number of carbonyl (C=O) groups is 1. The molecule has 0 spiro atoms. The maximum atomic E-state index is 12.9. The quantitative estimate of drug-likeness (QED) is 0.677. The van der Waals surface area contributed by atoms with Crippen molar-refractivity contribution in [3.8, 4) is 5.75 Å². The highest BCUT2D eigenvalue weighted by molar-refractivity contribution is 5.95. The van der Waals surface area contributed by atoms with Crippen LogP contribution >= 0.6 is 0 Å². The second-order valence-corrected chi connectivity index (χ2v) is 8.32. The molecule has 0 radical (unpaired) electrons. The number of nitrogens with two attached hydrogens (primary N) is 1. The molecule has 10 heteroatoms. The van der Waals surface area contributed by atoms with E-state index in [1.165, 1.54) is 12.3 Å². The molecule has 1 aliphatic rings. The Hall–Kier alpha value is -2.65. The molecule has 2 aromatic rings. The highest BCUT2D eigenvalue weighted by atomic mass is 19.4. The second-order valence-electron chi connectivity index (χ2n) is 8.32. The first-order chi connectivity index (χ1) is 13.4. The van der Waals surface area contributed by atoms with E-state index in [2.05, 4.69) is 15.1 Å². The van der Waals surface area contributed by atoms with Gasteiger partial charge in [0.2, 0.25) is 0 Å². The summed E-state index contributed by atoms with van der Waals surface area (Å²) in [4.78, 5) is 21.1. The number of ketones is 1. The molecule has 7 nitrogen and oxygen atoms in total. The van der Waals surface area contributed by atoms with Crippen molar-refractivity contribution in [2.75, 3.05) is 12.3 Å². The van der Waals surface area contributed by atoms with E-state index < -0.39 is 24.1 Å². The zero-order valence-corrected chi connectivity index (χ0v) is 16.4. The number of rotatable bonds is 7. The molecule has 2 aromatic heterocycles. The van der Waals surface area contributed by atoms with E-state index in [9.17, 15) is 18.0 Å². The van der Waals surface area contributed by atoms with Gasteiger partial charge in [0.25, 0.3) is 0 Å². The number of pyridine rings is 1. The Balaban J connectivity index is 1.83. The molecule has 1 fully saturated rings. The number of nitrogens with zero attached hydrogens (tertiary/aromatic N) is 3. The molecule has 0 aliphatic heterocycles. The average Bonchev–Trinajstić information content (AvgIpc) is 3.37. The molecular formula is C19H23F3N4O3. The molecule has 0 aromatic carbocycles. The van der Waals surface area contributed by atoms with E-state index in [0.29, 0.717) is 11.4 Å². The number of hydrogen-bond acceptors (Lipinski definition) is 7. The van der Waals surface area contributed by atoms with Crippen molar-refractivity contribution in [1.82, 2.24) is 15.1 Å². The third kappa shape index (κ3) is 5.45. The van der Waals surface area contributed by atoms with E-state index in [4.69, 9.17) is 15.0 Å². The van der Waals surface area contributed by atoms with Gasteiger partial charge in [-0.1, -0.05) is 25.9 Å². The molecular weight excluding hydrogens is 389 g/mol. The minimum Gasteiger partial charge on any atom is -0.484 e. The van der Waals surface area contributed by atoms with Gasteiger partial charge in [0.15, 0.2) is 18.2 Å². The summed E-state index contributed by atoms with van der Waals surface area (Å²) >= 11 is 0. The van der Waals surface area contributed by atoms with Crippen LogP contribution in [0.3, 0.4) is 0 Å². The number of aromatic nitrogens is 3. The highest BCUT2D eigenvalue weighted by Crippen LogP contribution is 2.44. The maximum absolute atomic E-state index is 12.9.